The molecule has 21 heavy (non-hydrogen) atoms. The van der Waals surface area contributed by atoms with Crippen LogP contribution in [-0.4, -0.2) is 5.91 Å². The van der Waals surface area contributed by atoms with Gasteiger partial charge in [0.25, 0.3) is 0 Å². The molecule has 0 heterocycles. The van der Waals surface area contributed by atoms with Crippen molar-refractivity contribution in [2.24, 2.45) is 0 Å². The summed E-state index contributed by atoms with van der Waals surface area (Å²) in [6, 6.07) is 14.5. The molecule has 2 nitrogen and oxygen atoms in total. The molecule has 2 heteroatoms. The molecule has 2 aromatic rings. The van der Waals surface area contributed by atoms with Gasteiger partial charge in [-0.3, -0.25) is 4.79 Å². The van der Waals surface area contributed by atoms with E-state index in [9.17, 15) is 4.79 Å². The second kappa shape index (κ2) is 7.07. The number of hydrogen-bond donors (Lipinski definition) is 1. The van der Waals surface area contributed by atoms with Crippen molar-refractivity contribution in [1.29, 1.82) is 0 Å². The number of nitrogens with one attached hydrogen (secondary N) is 1. The number of anilines is 1. The predicted octanol–water partition coefficient (Wildman–Crippen LogP) is 4.57. The van der Waals surface area contributed by atoms with E-state index in [1.807, 2.05) is 19.1 Å². The summed E-state index contributed by atoms with van der Waals surface area (Å²) in [4.78, 5) is 12.0. The van der Waals surface area contributed by atoms with Crippen molar-refractivity contribution < 1.29 is 4.79 Å². The van der Waals surface area contributed by atoms with Gasteiger partial charge in [-0.05, 0) is 56.4 Å². The van der Waals surface area contributed by atoms with E-state index < -0.39 is 0 Å². The van der Waals surface area contributed by atoms with Gasteiger partial charge in [0.15, 0.2) is 0 Å². The van der Waals surface area contributed by atoms with E-state index in [1.54, 1.807) is 0 Å². The Labute approximate surface area is 127 Å². The average Bonchev–Trinajstić information content (AvgIpc) is 2.46. The molecule has 0 aliphatic rings. The van der Waals surface area contributed by atoms with Crippen molar-refractivity contribution in [2.45, 2.75) is 40.0 Å². The van der Waals surface area contributed by atoms with E-state index in [0.29, 0.717) is 6.42 Å². The van der Waals surface area contributed by atoms with Gasteiger partial charge in [-0.2, -0.15) is 0 Å². The summed E-state index contributed by atoms with van der Waals surface area (Å²) in [6.07, 6.45) is 2.38. The summed E-state index contributed by atoms with van der Waals surface area (Å²) in [5.74, 6) is 0.0933. The molecule has 0 saturated carbocycles. The molecule has 0 unspecified atom stereocenters. The molecule has 1 amide bonds. The molecule has 0 radical (unpaired) electrons. The third kappa shape index (κ3) is 4.45. The van der Waals surface area contributed by atoms with Gasteiger partial charge in [0.2, 0.25) is 5.91 Å². The second-order valence-corrected chi connectivity index (χ2v) is 5.63. The molecule has 0 aliphatic carbocycles. The van der Waals surface area contributed by atoms with E-state index >= 15 is 0 Å². The number of hydrogen-bond acceptors (Lipinski definition) is 1. The zero-order chi connectivity index (χ0) is 15.2. The molecule has 0 spiro atoms. The molecule has 0 saturated heterocycles. The Hall–Kier alpha value is -2.09. The zero-order valence-corrected chi connectivity index (χ0v) is 13.1. The van der Waals surface area contributed by atoms with Crippen molar-refractivity contribution in [1.82, 2.24) is 0 Å². The topological polar surface area (TPSA) is 29.1 Å². The van der Waals surface area contributed by atoms with Crippen LogP contribution in [0.2, 0.25) is 0 Å². The van der Waals surface area contributed by atoms with Crippen molar-refractivity contribution in [2.75, 3.05) is 5.32 Å². The SMILES string of the molecule is Cc1ccc(CCCC(=O)Nc2cccc(C)c2C)cc1. The highest BCUT2D eigenvalue weighted by Gasteiger charge is 2.06. The fraction of sp³-hybridized carbons (Fsp3) is 0.316. The van der Waals surface area contributed by atoms with Crippen LogP contribution in [0.1, 0.15) is 35.1 Å². The number of amides is 1. The van der Waals surface area contributed by atoms with Crippen LogP contribution in [0.4, 0.5) is 5.69 Å². The highest BCUT2D eigenvalue weighted by atomic mass is 16.1. The predicted molar refractivity (Wildman–Crippen MR) is 88.7 cm³/mol. The van der Waals surface area contributed by atoms with Crippen molar-refractivity contribution in [3.05, 3.63) is 64.7 Å². The fourth-order valence-corrected chi connectivity index (χ4v) is 2.31. The summed E-state index contributed by atoms with van der Waals surface area (Å²) in [5, 5.41) is 3.01. The van der Waals surface area contributed by atoms with Gasteiger partial charge in [0, 0.05) is 12.1 Å². The molecule has 1 N–H and O–H groups in total. The molecule has 0 aromatic heterocycles. The number of aryl methyl sites for hydroxylation is 3. The van der Waals surface area contributed by atoms with Crippen LogP contribution in [0.15, 0.2) is 42.5 Å². The van der Waals surface area contributed by atoms with Gasteiger partial charge < -0.3 is 5.32 Å². The Bertz CT molecular complexity index is 614. The minimum atomic E-state index is 0.0933. The zero-order valence-electron chi connectivity index (χ0n) is 13.1. The molecular formula is C19H23NO. The maximum Gasteiger partial charge on any atom is 0.224 e. The van der Waals surface area contributed by atoms with Crippen LogP contribution in [0, 0.1) is 20.8 Å². The summed E-state index contributed by atoms with van der Waals surface area (Å²) in [5.41, 5.74) is 5.83. The highest BCUT2D eigenvalue weighted by Crippen LogP contribution is 2.18. The second-order valence-electron chi connectivity index (χ2n) is 5.63. The molecule has 0 bridgehead atoms. The Balaban J connectivity index is 1.82. The lowest BCUT2D eigenvalue weighted by molar-refractivity contribution is -0.116. The largest absolute Gasteiger partial charge is 0.326 e. The third-order valence-corrected chi connectivity index (χ3v) is 3.87. The first-order chi connectivity index (χ1) is 10.1. The summed E-state index contributed by atoms with van der Waals surface area (Å²) < 4.78 is 0. The minimum Gasteiger partial charge on any atom is -0.326 e. The average molecular weight is 281 g/mol. The van der Waals surface area contributed by atoms with Gasteiger partial charge >= 0.3 is 0 Å². The first-order valence-corrected chi connectivity index (χ1v) is 7.48. The summed E-state index contributed by atoms with van der Waals surface area (Å²) in [7, 11) is 0. The van der Waals surface area contributed by atoms with Crippen LogP contribution in [0.25, 0.3) is 0 Å². The van der Waals surface area contributed by atoms with Crippen LogP contribution in [-0.2, 0) is 11.2 Å². The molecule has 0 aliphatic heterocycles. The number of rotatable bonds is 5. The molecule has 2 rings (SSSR count). The van der Waals surface area contributed by atoms with Crippen molar-refractivity contribution in [3.63, 3.8) is 0 Å². The van der Waals surface area contributed by atoms with E-state index in [4.69, 9.17) is 0 Å². The van der Waals surface area contributed by atoms with Crippen molar-refractivity contribution in [3.8, 4) is 0 Å². The van der Waals surface area contributed by atoms with Crippen LogP contribution >= 0.6 is 0 Å². The monoisotopic (exact) mass is 281 g/mol. The normalized spacial score (nSPS) is 10.4. The van der Waals surface area contributed by atoms with E-state index in [-0.39, 0.29) is 5.91 Å². The standard InChI is InChI=1S/C19H23NO/c1-14-10-12-17(13-11-14)7-5-9-19(21)20-18-8-4-6-15(2)16(18)3/h4,6,8,10-13H,5,7,9H2,1-3H3,(H,20,21). The Morgan fingerprint density at radius 2 is 1.71 bits per heavy atom. The maximum absolute atomic E-state index is 12.0. The van der Waals surface area contributed by atoms with Gasteiger partial charge in [0.1, 0.15) is 0 Å². The number of benzene rings is 2. The third-order valence-electron chi connectivity index (χ3n) is 3.87. The van der Waals surface area contributed by atoms with Crippen LogP contribution < -0.4 is 5.32 Å². The molecule has 110 valence electrons. The number of carbonyl (C=O) groups is 1. The molecular weight excluding hydrogens is 258 g/mol. The first-order valence-electron chi connectivity index (χ1n) is 7.48. The Morgan fingerprint density at radius 1 is 1.00 bits per heavy atom. The fourth-order valence-electron chi connectivity index (χ4n) is 2.31. The Kier molecular flexibility index (Phi) is 5.15. The van der Waals surface area contributed by atoms with Crippen LogP contribution in [0.5, 0.6) is 0 Å². The van der Waals surface area contributed by atoms with Crippen LogP contribution in [0.3, 0.4) is 0 Å². The first kappa shape index (κ1) is 15.3. The highest BCUT2D eigenvalue weighted by molar-refractivity contribution is 5.91. The quantitative estimate of drug-likeness (QED) is 0.854. The Morgan fingerprint density at radius 3 is 2.43 bits per heavy atom. The van der Waals surface area contributed by atoms with Gasteiger partial charge in [-0.15, -0.1) is 0 Å². The van der Waals surface area contributed by atoms with Crippen molar-refractivity contribution >= 4 is 11.6 Å². The number of carbonyl (C=O) groups excluding carboxylic acids is 1. The van der Waals surface area contributed by atoms with E-state index in [2.05, 4.69) is 49.5 Å². The lowest BCUT2D eigenvalue weighted by atomic mass is 10.1. The smallest absolute Gasteiger partial charge is 0.224 e. The molecule has 0 atom stereocenters. The van der Waals surface area contributed by atoms with E-state index in [1.165, 1.54) is 16.7 Å². The van der Waals surface area contributed by atoms with Gasteiger partial charge in [0.05, 0.1) is 0 Å². The minimum absolute atomic E-state index is 0.0933. The van der Waals surface area contributed by atoms with E-state index in [0.717, 1.165) is 24.1 Å². The van der Waals surface area contributed by atoms with Gasteiger partial charge in [-0.1, -0.05) is 42.0 Å². The maximum atomic E-state index is 12.0. The lowest BCUT2D eigenvalue weighted by Gasteiger charge is -2.10. The molecule has 2 aromatic carbocycles. The lowest BCUT2D eigenvalue weighted by Crippen LogP contribution is -2.12. The summed E-state index contributed by atoms with van der Waals surface area (Å²) in [6.45, 7) is 6.18. The summed E-state index contributed by atoms with van der Waals surface area (Å²) >= 11 is 0. The molecule has 0 fully saturated rings. The van der Waals surface area contributed by atoms with Gasteiger partial charge in [-0.25, -0.2) is 0 Å².